The number of Topliss-reactive ketones (excluding diaryl/α,β-unsaturated/α-hetero) is 2. The first-order valence-corrected chi connectivity index (χ1v) is 25.4. The van der Waals surface area contributed by atoms with Gasteiger partial charge < -0.3 is 18.6 Å². The molecule has 0 unspecified atom stereocenters. The minimum Gasteiger partial charge on any atom is -0.494 e. The quantitative estimate of drug-likeness (QED) is 0.0707. The van der Waals surface area contributed by atoms with E-state index in [1.54, 1.807) is 133 Å². The maximum absolute atomic E-state index is 12.7. The minimum atomic E-state index is -0.466. The number of para-hydroxylation sites is 3. The summed E-state index contributed by atoms with van der Waals surface area (Å²) in [5.41, 5.74) is 3.39. The van der Waals surface area contributed by atoms with Crippen LogP contribution in [0.1, 0.15) is 43.6 Å². The van der Waals surface area contributed by atoms with E-state index >= 15 is 0 Å². The molecular formula is C67H48O9S. The molecule has 0 aliphatic rings. The summed E-state index contributed by atoms with van der Waals surface area (Å²) in [4.78, 5) is 60.7. The molecular weight excluding hydrogens is 981 g/mol. The fraction of sp³-hybridized carbons (Fsp3) is 0.0299. The van der Waals surface area contributed by atoms with Gasteiger partial charge in [-0.1, -0.05) is 133 Å². The second-order valence-corrected chi connectivity index (χ2v) is 18.1. The van der Waals surface area contributed by atoms with Crippen LogP contribution in [0.25, 0.3) is 42.1 Å². The van der Waals surface area contributed by atoms with Crippen molar-refractivity contribution in [2.24, 2.45) is 0 Å². The summed E-state index contributed by atoms with van der Waals surface area (Å²) < 4.78 is 24.7. The highest BCUT2D eigenvalue weighted by molar-refractivity contribution is 7.24. The first kappa shape index (κ1) is 51.9. The summed E-state index contributed by atoms with van der Waals surface area (Å²) in [5, 5.41) is 2.79. The number of ketones is 3. The predicted octanol–water partition coefficient (Wildman–Crippen LogP) is 16.0. The van der Waals surface area contributed by atoms with Crippen LogP contribution in [0.4, 0.5) is 0 Å². The molecule has 0 saturated heterocycles. The first-order chi connectivity index (χ1) is 37.7. The van der Waals surface area contributed by atoms with Crippen LogP contribution in [0.3, 0.4) is 0 Å². The molecule has 0 bridgehead atoms. The number of fused-ring (bicyclic) bond motifs is 4. The Labute approximate surface area is 447 Å². The van der Waals surface area contributed by atoms with Gasteiger partial charge in [0.2, 0.25) is 17.0 Å². The van der Waals surface area contributed by atoms with Gasteiger partial charge in [-0.25, -0.2) is 0 Å². The van der Waals surface area contributed by atoms with Crippen molar-refractivity contribution in [3.63, 3.8) is 0 Å². The average molecular weight is 1030 g/mol. The Hall–Kier alpha value is -10.0. The Morgan fingerprint density at radius 1 is 0.364 bits per heavy atom. The summed E-state index contributed by atoms with van der Waals surface area (Å²) >= 11 is 1.67. The minimum absolute atomic E-state index is 0.0200. The van der Waals surface area contributed by atoms with E-state index in [2.05, 4.69) is 0 Å². The topological polar surface area (TPSA) is 126 Å². The smallest absolute Gasteiger partial charge is 0.233 e. The van der Waals surface area contributed by atoms with Gasteiger partial charge in [0.25, 0.3) is 0 Å². The molecule has 12 rings (SSSR count). The summed E-state index contributed by atoms with van der Waals surface area (Å²) in [6, 6.07) is 78.6. The van der Waals surface area contributed by atoms with Gasteiger partial charge in [0.1, 0.15) is 39.9 Å². The molecule has 0 N–H and O–H groups in total. The van der Waals surface area contributed by atoms with Crippen molar-refractivity contribution in [3.05, 3.63) is 304 Å². The van der Waals surface area contributed by atoms with Crippen molar-refractivity contribution >= 4 is 70.8 Å². The highest BCUT2D eigenvalue weighted by Crippen LogP contribution is 2.27. The Kier molecular flexibility index (Phi) is 17.0. The Morgan fingerprint density at radius 2 is 0.727 bits per heavy atom. The monoisotopic (exact) mass is 1030 g/mol. The maximum atomic E-state index is 12.7. The lowest BCUT2D eigenvalue weighted by Gasteiger charge is -2.08. The SMILES string of the molecule is CCOc1ccc2oc3ccccc3c(=O)c2c1.O=C(C(=O)c1ccccc1)c1ccccc1.O=C(c1ccc(Oc2ccccc2)cc1)c1ccc(Oc2ccccc2)cc1.O=c1c2ccccc2sc2ccccc12. The second-order valence-electron chi connectivity index (χ2n) is 17.0. The van der Waals surface area contributed by atoms with E-state index in [1.165, 1.54) is 0 Å². The molecule has 10 aromatic carbocycles. The lowest BCUT2D eigenvalue weighted by Crippen LogP contribution is -2.14. The van der Waals surface area contributed by atoms with Crippen LogP contribution in [0.15, 0.2) is 275 Å². The number of hydrogen-bond acceptors (Lipinski definition) is 10. The maximum Gasteiger partial charge on any atom is 0.233 e. The van der Waals surface area contributed by atoms with Crippen molar-refractivity contribution in [1.29, 1.82) is 0 Å². The molecule has 10 heteroatoms. The molecule has 376 valence electrons. The molecule has 0 aliphatic heterocycles. The van der Waals surface area contributed by atoms with Crippen LogP contribution < -0.4 is 25.1 Å². The van der Waals surface area contributed by atoms with Crippen molar-refractivity contribution in [2.75, 3.05) is 6.61 Å². The van der Waals surface area contributed by atoms with Crippen LogP contribution in [-0.2, 0) is 0 Å². The van der Waals surface area contributed by atoms with Gasteiger partial charge in [-0.2, -0.15) is 0 Å². The van der Waals surface area contributed by atoms with Gasteiger partial charge >= 0.3 is 0 Å². The Balaban J connectivity index is 0.000000130. The van der Waals surface area contributed by atoms with E-state index in [1.807, 2.05) is 146 Å². The molecule has 9 nitrogen and oxygen atoms in total. The standard InChI is InChI=1S/C25H18O3.C15H12O3.C14H10O2.C13H8OS/c26-25(19-11-15-23(16-12-19)27-21-7-3-1-4-8-21)20-13-17-24(18-14-20)28-22-9-5-2-6-10-22;1-2-17-10-7-8-14-12(9-10)15(16)11-5-3-4-6-13(11)18-14;15-13(11-7-3-1-4-8-11)14(16)12-9-5-2-6-10-12;14-13-9-5-1-3-7-11(9)15-12-8-4-2-6-10(12)13/h1-18H;3-9H,2H2,1H3;1-10H;1-8H. The molecule has 0 atom stereocenters. The van der Waals surface area contributed by atoms with Gasteiger partial charge in [-0.15, -0.1) is 11.3 Å². The van der Waals surface area contributed by atoms with Crippen molar-refractivity contribution in [3.8, 4) is 28.7 Å². The lowest BCUT2D eigenvalue weighted by atomic mass is 10.0. The third-order valence-corrected chi connectivity index (χ3v) is 13.0. The van der Waals surface area contributed by atoms with Gasteiger partial charge in [-0.3, -0.25) is 24.0 Å². The number of rotatable bonds is 11. The summed E-state index contributed by atoms with van der Waals surface area (Å²) in [5.74, 6) is 2.61. The zero-order valence-corrected chi connectivity index (χ0v) is 42.4. The van der Waals surface area contributed by atoms with Gasteiger partial charge in [-0.05, 0) is 134 Å². The van der Waals surface area contributed by atoms with E-state index < -0.39 is 11.6 Å². The predicted molar refractivity (Wildman–Crippen MR) is 308 cm³/mol. The van der Waals surface area contributed by atoms with E-state index in [0.29, 0.717) is 68.0 Å². The highest BCUT2D eigenvalue weighted by atomic mass is 32.1. The molecule has 0 fully saturated rings. The summed E-state index contributed by atoms with van der Waals surface area (Å²) in [6.45, 7) is 2.48. The normalized spacial score (nSPS) is 10.5. The lowest BCUT2D eigenvalue weighted by molar-refractivity contribution is 0.0817. The van der Waals surface area contributed by atoms with Gasteiger partial charge in [0, 0.05) is 42.4 Å². The molecule has 2 aromatic heterocycles. The van der Waals surface area contributed by atoms with Gasteiger partial charge in [0.05, 0.1) is 17.4 Å². The van der Waals surface area contributed by atoms with Crippen LogP contribution >= 0.6 is 11.3 Å². The van der Waals surface area contributed by atoms with Crippen molar-refractivity contribution in [1.82, 2.24) is 0 Å². The fourth-order valence-electron chi connectivity index (χ4n) is 7.99. The third-order valence-electron chi connectivity index (χ3n) is 11.8. The van der Waals surface area contributed by atoms with Crippen LogP contribution in [0, 0.1) is 0 Å². The largest absolute Gasteiger partial charge is 0.494 e. The highest BCUT2D eigenvalue weighted by Gasteiger charge is 2.17. The number of carbonyl (C=O) groups is 3. The fourth-order valence-corrected chi connectivity index (χ4v) is 9.07. The summed E-state index contributed by atoms with van der Waals surface area (Å²) in [7, 11) is 0. The van der Waals surface area contributed by atoms with Crippen LogP contribution in [0.2, 0.25) is 0 Å². The second kappa shape index (κ2) is 25.3. The average Bonchev–Trinajstić information content (AvgIpc) is 3.51. The van der Waals surface area contributed by atoms with Crippen LogP contribution in [-0.4, -0.2) is 24.0 Å². The van der Waals surface area contributed by atoms with E-state index in [9.17, 15) is 24.0 Å². The van der Waals surface area contributed by atoms with Gasteiger partial charge in [0.15, 0.2) is 11.2 Å². The first-order valence-electron chi connectivity index (χ1n) is 24.6. The molecule has 0 saturated carbocycles. The molecule has 0 aliphatic carbocycles. The molecule has 77 heavy (non-hydrogen) atoms. The molecule has 12 aromatic rings. The molecule has 0 spiro atoms. The number of benzene rings is 10. The Bertz CT molecular complexity index is 3870. The zero-order chi connectivity index (χ0) is 53.3. The zero-order valence-electron chi connectivity index (χ0n) is 41.6. The summed E-state index contributed by atoms with van der Waals surface area (Å²) in [6.07, 6.45) is 0. The van der Waals surface area contributed by atoms with Crippen LogP contribution in [0.5, 0.6) is 28.7 Å². The number of ether oxygens (including phenoxy) is 3. The molecule has 2 heterocycles. The molecule has 0 radical (unpaired) electrons. The van der Waals surface area contributed by atoms with E-state index in [0.717, 1.165) is 31.7 Å². The number of carbonyl (C=O) groups excluding carboxylic acids is 3. The van der Waals surface area contributed by atoms with Crippen molar-refractivity contribution in [2.45, 2.75) is 6.92 Å². The third kappa shape index (κ3) is 13.2. The Morgan fingerprint density at radius 3 is 1.19 bits per heavy atom. The van der Waals surface area contributed by atoms with Crippen molar-refractivity contribution < 1.29 is 33.0 Å². The van der Waals surface area contributed by atoms with E-state index in [4.69, 9.17) is 18.6 Å². The molecule has 0 amide bonds. The number of hydrogen-bond donors (Lipinski definition) is 0. The van der Waals surface area contributed by atoms with E-state index in [-0.39, 0.29) is 16.6 Å².